The van der Waals surface area contributed by atoms with E-state index in [-0.39, 0.29) is 77.0 Å². The van der Waals surface area contributed by atoms with E-state index >= 15 is 0 Å². The van der Waals surface area contributed by atoms with Gasteiger partial charge in [0.15, 0.2) is 11.3 Å². The molecule has 0 aliphatic carbocycles. The third-order valence-corrected chi connectivity index (χ3v) is 17.4. The number of nitrogens with zero attached hydrogens (tertiary/aromatic N) is 12. The highest BCUT2D eigenvalue weighted by molar-refractivity contribution is 7.92. The number of aliphatic hydroxyl groups is 1. The fourth-order valence-electron chi connectivity index (χ4n) is 11.5. The summed E-state index contributed by atoms with van der Waals surface area (Å²) in [5.41, 5.74) is 8.74. The number of nitrogens with two attached hydrogens (primary N) is 1. The third kappa shape index (κ3) is 16.6. The molecule has 0 bridgehead atoms. The normalized spacial score (nSPS) is 20.2. The predicted molar refractivity (Wildman–Crippen MR) is 343 cm³/mol. The number of aromatic nitrogens is 6. The van der Waals surface area contributed by atoms with E-state index in [1.54, 1.807) is 26.4 Å². The van der Waals surface area contributed by atoms with Gasteiger partial charge in [0, 0.05) is 106 Å². The summed E-state index contributed by atoms with van der Waals surface area (Å²) >= 11 is 18.8. The average molecular weight is 1350 g/mol. The molecule has 0 saturated carbocycles. The van der Waals surface area contributed by atoms with E-state index in [0.29, 0.717) is 115 Å². The lowest BCUT2D eigenvalue weighted by atomic mass is 9.98. The average Bonchev–Trinajstić information content (AvgIpc) is 1.71. The van der Waals surface area contributed by atoms with Crippen molar-refractivity contribution in [3.63, 3.8) is 0 Å². The number of carbonyl (C=O) groups is 3. The summed E-state index contributed by atoms with van der Waals surface area (Å²) in [6.45, 7) is 12.4. The van der Waals surface area contributed by atoms with E-state index in [0.717, 1.165) is 69.5 Å². The number of hydrogen-bond acceptors (Lipinski definition) is 20. The maximum Gasteiger partial charge on any atom is 0.407 e. The number of likely N-dealkylation sites (tertiary alicyclic amines) is 2. The van der Waals surface area contributed by atoms with Crippen LogP contribution in [-0.4, -0.2) is 198 Å². The number of nitrogens with one attached hydrogen (secondary N) is 4. The van der Waals surface area contributed by atoms with Crippen LogP contribution in [0, 0.1) is 0 Å². The number of hydrogen-bond donors (Lipinski definition) is 7. The lowest BCUT2D eigenvalue weighted by Crippen LogP contribution is -2.60. The molecule has 6 aliphatic heterocycles. The lowest BCUT2D eigenvalue weighted by Gasteiger charge is -2.41. The van der Waals surface area contributed by atoms with Crippen molar-refractivity contribution in [3.8, 4) is 0 Å². The van der Waals surface area contributed by atoms with Crippen molar-refractivity contribution >= 4 is 125 Å². The Kier molecular flexibility index (Phi) is 20.9. The molecule has 89 heavy (non-hydrogen) atoms. The van der Waals surface area contributed by atoms with Gasteiger partial charge < -0.3 is 55.9 Å². The predicted octanol–water partition coefficient (Wildman–Crippen LogP) is 5.99. The van der Waals surface area contributed by atoms with Gasteiger partial charge in [-0.2, -0.15) is 24.3 Å². The van der Waals surface area contributed by atoms with Crippen LogP contribution in [0.2, 0.25) is 15.2 Å². The fourth-order valence-corrected chi connectivity index (χ4v) is 13.1. The van der Waals surface area contributed by atoms with Crippen LogP contribution in [-0.2, 0) is 24.8 Å². The highest BCUT2D eigenvalue weighted by Gasteiger charge is 2.37. The van der Waals surface area contributed by atoms with Crippen LogP contribution < -0.4 is 40.5 Å². The van der Waals surface area contributed by atoms with E-state index in [2.05, 4.69) is 34.9 Å². The second-order valence-electron chi connectivity index (χ2n) is 23.9. The number of amides is 3. The van der Waals surface area contributed by atoms with E-state index in [9.17, 15) is 36.3 Å². The number of carbonyl (C=O) groups excluding carboxylic acids is 3. The number of hydroxylamine groups is 2. The van der Waals surface area contributed by atoms with E-state index in [1.807, 2.05) is 48.4 Å². The highest BCUT2D eigenvalue weighted by Crippen LogP contribution is 2.38. The summed E-state index contributed by atoms with van der Waals surface area (Å²) in [6, 6.07) is 15.8. The Morgan fingerprint density at radius 3 is 1.64 bits per heavy atom. The monoisotopic (exact) mass is 1350 g/mol. The summed E-state index contributed by atoms with van der Waals surface area (Å²) < 4.78 is 61.6. The van der Waals surface area contributed by atoms with Crippen molar-refractivity contribution in [1.82, 2.24) is 54.7 Å². The Hall–Kier alpha value is -6.25. The molecule has 12 rings (SSSR count). The van der Waals surface area contributed by atoms with Crippen LogP contribution in [0.15, 0.2) is 60.7 Å². The molecule has 6 aliphatic rings. The van der Waals surface area contributed by atoms with Crippen LogP contribution in [0.3, 0.4) is 0 Å². The minimum Gasteiger partial charge on any atom is -0.444 e. The van der Waals surface area contributed by atoms with Gasteiger partial charge in [-0.25, -0.2) is 31.6 Å². The molecule has 484 valence electrons. The maximum absolute atomic E-state index is 13.9. The molecule has 3 amide bonds. The van der Waals surface area contributed by atoms with Gasteiger partial charge in [-0.3, -0.25) is 19.0 Å². The molecule has 0 spiro atoms. The number of piperidine rings is 2. The van der Waals surface area contributed by atoms with Crippen LogP contribution in [0.25, 0.3) is 11.3 Å². The highest BCUT2D eigenvalue weighted by atomic mass is 35.5. The Labute approximate surface area is 537 Å². The largest absolute Gasteiger partial charge is 0.444 e. The number of β-amino-alcohol motifs (C(OH)–C–C–N with tert-alkyl or cyclic N) is 1. The smallest absolute Gasteiger partial charge is 0.407 e. The minimum atomic E-state index is -3.63. The number of aliphatic hydroxyl groups excluding tert-OH is 1. The molecule has 27 nitrogen and oxygen atoms in total. The zero-order valence-corrected chi connectivity index (χ0v) is 54.6. The summed E-state index contributed by atoms with van der Waals surface area (Å²) in [7, 11) is -7.24. The number of sulfonamides is 2. The number of rotatable bonds is 12. The van der Waals surface area contributed by atoms with Crippen LogP contribution in [0.5, 0.6) is 0 Å². The second-order valence-corrected chi connectivity index (χ2v) is 28.7. The second kappa shape index (κ2) is 27.7. The van der Waals surface area contributed by atoms with Gasteiger partial charge in [0.05, 0.1) is 77.3 Å². The Morgan fingerprint density at radius 1 is 0.674 bits per heavy atom. The molecule has 33 heteroatoms. The van der Waals surface area contributed by atoms with Crippen LogP contribution in [0.1, 0.15) is 110 Å². The minimum absolute atomic E-state index is 0. The fraction of sp³-hybridized carbons (Fsp3) is 0.518. The van der Waals surface area contributed by atoms with Crippen molar-refractivity contribution in [3.05, 3.63) is 98.4 Å². The van der Waals surface area contributed by atoms with E-state index in [4.69, 9.17) is 65.7 Å². The SMILES string of the molecule is CC(C)(C)OC(=O)NC1CN(c2cc(Cl)nc3cc([C@@H]4CCCCN4C(=O)c4cc(Cl)ccc4NS(C)(=O)=O)nn23)C1.CS(=O)(=O)Nc1ccc(Cl)cc1C(=O)N1CCCC[C@H]1c1cc2nc(N3CC[C@@H](O)C3)cc(N3CC(N)C3)n2n1.Cl.ON1CCNC1. The lowest BCUT2D eigenvalue weighted by molar-refractivity contribution is -0.0689. The maximum atomic E-state index is 13.9. The van der Waals surface area contributed by atoms with Gasteiger partial charge in [-0.1, -0.05) is 34.8 Å². The quantitative estimate of drug-likeness (QED) is 0.0692. The van der Waals surface area contributed by atoms with Crippen molar-refractivity contribution < 1.29 is 46.3 Å². The van der Waals surface area contributed by atoms with Crippen molar-refractivity contribution in [1.29, 1.82) is 0 Å². The van der Waals surface area contributed by atoms with Gasteiger partial charge in [0.25, 0.3) is 11.8 Å². The van der Waals surface area contributed by atoms with Gasteiger partial charge in [-0.05, 0) is 102 Å². The number of alkyl carbamates (subject to hydrolysis) is 1. The summed E-state index contributed by atoms with van der Waals surface area (Å²) in [6.07, 6.45) is 6.71. The van der Waals surface area contributed by atoms with Gasteiger partial charge in [0.2, 0.25) is 20.0 Å². The van der Waals surface area contributed by atoms with Crippen LogP contribution >= 0.6 is 47.2 Å². The van der Waals surface area contributed by atoms with Crippen molar-refractivity contribution in [2.75, 3.05) is 109 Å². The molecule has 6 fully saturated rings. The number of halogens is 4. The molecular formula is C56H75Cl4N17O10S2. The Balaban J connectivity index is 0.000000191. The van der Waals surface area contributed by atoms with Crippen LogP contribution in [0.4, 0.5) is 33.6 Å². The zero-order valence-electron chi connectivity index (χ0n) is 49.9. The third-order valence-electron chi connectivity index (χ3n) is 15.5. The van der Waals surface area contributed by atoms with Gasteiger partial charge in [0.1, 0.15) is 28.2 Å². The summed E-state index contributed by atoms with van der Waals surface area (Å²) in [4.78, 5) is 59.0. The molecule has 6 aromatic rings. The molecular weight excluding hydrogens is 1280 g/mol. The number of benzene rings is 2. The summed E-state index contributed by atoms with van der Waals surface area (Å²) in [5.74, 6) is 1.69. The summed E-state index contributed by atoms with van der Waals surface area (Å²) in [5, 5.41) is 36.4. The first-order valence-corrected chi connectivity index (χ1v) is 34.0. The molecule has 0 unspecified atom stereocenters. The molecule has 6 saturated heterocycles. The molecule has 3 atom stereocenters. The number of ether oxygens (including phenoxy) is 1. The molecule has 2 aromatic carbocycles. The van der Waals surface area contributed by atoms with Gasteiger partial charge in [-0.15, -0.1) is 12.4 Å². The standard InChI is InChI=1S/C27H33Cl2N7O5S.C26H33ClN8O4S.C3H8N2O.ClH/c1-27(2,3)41-26(38)30-17-14-34(15-17)24-13-22(29)31-23-12-20(32-36(23)24)21-7-5-6-10-35(21)25(37)18-11-16(28)8-9-19(18)33-42(4,39)40;1-40(38,39)31-20-6-5-16(27)10-19(20)26(37)34-8-3-2-4-22(34)21-11-24-29-23(32-9-7-18(36)15-32)12-25(35(24)30-21)33-13-17(28)14-33;6-5-2-1-4-3-5;/h8-9,11-13,17,21,33H,5-7,10,14-15H2,1-4H3,(H,30,38);5-6,10-12,17-18,22,31,36H,2-4,7-9,13-15,28H2,1H3;4,6H,1-3H2;1H/t21-;18-,22+;;/m01../s1. The number of fused-ring (bicyclic) bond motifs is 2. The zero-order chi connectivity index (χ0) is 63.0. The first-order valence-electron chi connectivity index (χ1n) is 29.1. The molecule has 4 aromatic heterocycles. The first-order chi connectivity index (χ1) is 41.6. The molecule has 0 radical (unpaired) electrons. The Morgan fingerprint density at radius 2 is 1.19 bits per heavy atom. The first kappa shape index (κ1) is 67.2. The van der Waals surface area contributed by atoms with Crippen molar-refractivity contribution in [2.24, 2.45) is 5.73 Å². The van der Waals surface area contributed by atoms with Gasteiger partial charge >= 0.3 is 6.09 Å². The van der Waals surface area contributed by atoms with E-state index in [1.165, 1.54) is 35.4 Å². The molecule has 8 N–H and O–H groups in total. The Bertz CT molecular complexity index is 3800. The van der Waals surface area contributed by atoms with E-state index < -0.39 is 31.7 Å². The molecule has 10 heterocycles. The topological polar surface area (TPSA) is 323 Å². The number of anilines is 5. The van der Waals surface area contributed by atoms with Crippen molar-refractivity contribution in [2.45, 2.75) is 102 Å².